The Hall–Kier alpha value is -6.94. The lowest BCUT2D eigenvalue weighted by Gasteiger charge is -2.26. The van der Waals surface area contributed by atoms with Gasteiger partial charge in [-0.1, -0.05) is 156 Å². The van der Waals surface area contributed by atoms with Crippen LogP contribution < -0.4 is 0 Å². The van der Waals surface area contributed by atoms with Crippen molar-refractivity contribution < 1.29 is 0 Å². The molecule has 5 nitrogen and oxygen atoms in total. The van der Waals surface area contributed by atoms with Gasteiger partial charge in [0.2, 0.25) is 0 Å². The Morgan fingerprint density at radius 1 is 0.551 bits per heavy atom. The normalized spacial score (nSPS) is 12.7. The van der Waals surface area contributed by atoms with Crippen LogP contribution in [0.25, 0.3) is 92.7 Å². The van der Waals surface area contributed by atoms with Crippen molar-refractivity contribution in [3.63, 3.8) is 0 Å². The van der Waals surface area contributed by atoms with E-state index in [-0.39, 0.29) is 21.7 Å². The highest BCUT2D eigenvalue weighted by Gasteiger charge is 2.27. The number of nitriles is 1. The van der Waals surface area contributed by atoms with E-state index in [2.05, 4.69) is 215 Å². The van der Waals surface area contributed by atoms with Crippen LogP contribution in [0.5, 0.6) is 0 Å². The van der Waals surface area contributed by atoms with Gasteiger partial charge in [0.25, 0.3) is 0 Å². The number of para-hydroxylation sites is 1. The Labute approximate surface area is 411 Å². The van der Waals surface area contributed by atoms with E-state index >= 15 is 0 Å². The molecule has 10 aromatic rings. The predicted octanol–water partition coefficient (Wildman–Crippen LogP) is 17.4. The first kappa shape index (κ1) is 45.8. The maximum Gasteiger partial charge on any atom is 0.145 e. The number of fused-ring (bicyclic) bond motifs is 5. The topological polar surface area (TPSA) is 67.4 Å². The van der Waals surface area contributed by atoms with Gasteiger partial charge in [-0.2, -0.15) is 5.26 Å². The SMILES string of the molecule is CC(C)(C)Cc1ccc2c(c1)sc1c(-c3cc(-c4cccc5c4nc(-c4cc(C(C)(C)C)cc(C(C)(C)C)c4)n5-c4ccc(C(C)(C)C)cc4-c4ccccc4)cc4cc(C#N)ccc34)ncnc12. The molecule has 3 aromatic heterocycles. The van der Waals surface area contributed by atoms with Crippen LogP contribution in [0.3, 0.4) is 0 Å². The lowest BCUT2D eigenvalue weighted by atomic mass is 9.79. The third-order valence-electron chi connectivity index (χ3n) is 13.5. The van der Waals surface area contributed by atoms with Gasteiger partial charge >= 0.3 is 0 Å². The molecule has 6 heteroatoms. The van der Waals surface area contributed by atoms with E-state index in [0.29, 0.717) is 5.56 Å². The molecule has 0 saturated heterocycles. The largest absolute Gasteiger partial charge is 0.292 e. The molecule has 344 valence electrons. The molecule has 0 amide bonds. The number of benzene rings is 7. The van der Waals surface area contributed by atoms with Crippen LogP contribution in [-0.4, -0.2) is 19.5 Å². The Kier molecular flexibility index (Phi) is 11.0. The molecule has 0 unspecified atom stereocenters. The third-order valence-corrected chi connectivity index (χ3v) is 14.6. The van der Waals surface area contributed by atoms with Gasteiger partial charge in [0.1, 0.15) is 12.2 Å². The van der Waals surface area contributed by atoms with Crippen molar-refractivity contribution in [2.45, 2.75) is 106 Å². The van der Waals surface area contributed by atoms with Crippen LogP contribution in [0.1, 0.15) is 111 Å². The van der Waals surface area contributed by atoms with E-state index in [4.69, 9.17) is 15.0 Å². The summed E-state index contributed by atoms with van der Waals surface area (Å²) in [5.41, 5.74) is 16.8. The number of hydrogen-bond donors (Lipinski definition) is 0. The maximum absolute atomic E-state index is 10.2. The molecule has 10 rings (SSSR count). The Balaban J connectivity index is 1.28. The van der Waals surface area contributed by atoms with Gasteiger partial charge in [-0.3, -0.25) is 4.57 Å². The molecule has 0 fully saturated rings. The maximum atomic E-state index is 10.2. The summed E-state index contributed by atoms with van der Waals surface area (Å²) >= 11 is 1.76. The van der Waals surface area contributed by atoms with Crippen LogP contribution in [0.2, 0.25) is 0 Å². The predicted molar refractivity (Wildman–Crippen MR) is 293 cm³/mol. The second-order valence-corrected chi connectivity index (χ2v) is 24.3. The monoisotopic (exact) mass is 919 g/mol. The minimum absolute atomic E-state index is 0.0583. The van der Waals surface area contributed by atoms with E-state index in [9.17, 15) is 5.26 Å². The fraction of sp³-hybridized carbons (Fsp3) is 0.270. The van der Waals surface area contributed by atoms with Gasteiger partial charge < -0.3 is 0 Å². The summed E-state index contributed by atoms with van der Waals surface area (Å²) in [5, 5.41) is 13.3. The fourth-order valence-corrected chi connectivity index (χ4v) is 11.0. The summed E-state index contributed by atoms with van der Waals surface area (Å²) < 4.78 is 4.66. The Morgan fingerprint density at radius 3 is 1.94 bits per heavy atom. The van der Waals surface area contributed by atoms with Gasteiger partial charge in [-0.15, -0.1) is 11.3 Å². The molecule has 7 aromatic carbocycles. The molecule has 0 aliphatic heterocycles. The van der Waals surface area contributed by atoms with E-state index in [1.165, 1.54) is 27.0 Å². The van der Waals surface area contributed by atoms with Crippen molar-refractivity contribution >= 4 is 53.4 Å². The first-order valence-electron chi connectivity index (χ1n) is 24.2. The van der Waals surface area contributed by atoms with Crippen molar-refractivity contribution in [3.05, 3.63) is 168 Å². The second kappa shape index (κ2) is 16.6. The number of thiophene rings is 1. The molecule has 0 aliphatic rings. The van der Waals surface area contributed by atoms with E-state index in [0.717, 1.165) is 94.4 Å². The standard InChI is InChI=1S/C63H61N5S/c1-60(2,3)35-38-21-25-49-54(28-38)69-58-56(49)65-37-66-57(58)51-32-42(29-41-27-39(36-64)22-24-47(41)51)48-19-16-20-53-55(48)67-59(43-30-45(62(7,8)9)33-46(31-43)63(10,11)12)68(53)52-26-23-44(61(4,5)6)34-50(52)40-17-14-13-15-18-40/h13-34,37H,35H2,1-12H3. The number of imidazole rings is 1. The average molecular weight is 920 g/mol. The smallest absolute Gasteiger partial charge is 0.145 e. The molecule has 0 N–H and O–H groups in total. The molecule has 3 heterocycles. The van der Waals surface area contributed by atoms with Crippen LogP contribution in [-0.2, 0) is 22.7 Å². The third kappa shape index (κ3) is 8.63. The summed E-state index contributed by atoms with van der Waals surface area (Å²) in [6, 6.07) is 51.1. The molecule has 0 radical (unpaired) electrons. The first-order valence-corrected chi connectivity index (χ1v) is 25.0. The molecular formula is C63H61N5S. The van der Waals surface area contributed by atoms with Crippen molar-refractivity contribution in [1.29, 1.82) is 5.26 Å². The van der Waals surface area contributed by atoms with E-state index in [1.54, 1.807) is 17.7 Å². The zero-order valence-corrected chi connectivity index (χ0v) is 42.9. The van der Waals surface area contributed by atoms with Gasteiger partial charge in [0, 0.05) is 32.3 Å². The van der Waals surface area contributed by atoms with Crippen molar-refractivity contribution in [1.82, 2.24) is 19.5 Å². The van der Waals surface area contributed by atoms with Crippen LogP contribution in [0.15, 0.2) is 140 Å². The zero-order valence-electron chi connectivity index (χ0n) is 42.1. The molecule has 0 saturated carbocycles. The number of hydrogen-bond acceptors (Lipinski definition) is 5. The number of nitrogens with zero attached hydrogens (tertiary/aromatic N) is 5. The molecule has 0 spiro atoms. The summed E-state index contributed by atoms with van der Waals surface area (Å²) in [7, 11) is 0. The summed E-state index contributed by atoms with van der Waals surface area (Å²) in [5.74, 6) is 0.885. The number of aromatic nitrogens is 4. The Bertz CT molecular complexity index is 3650. The van der Waals surface area contributed by atoms with E-state index < -0.39 is 0 Å². The quantitative estimate of drug-likeness (QED) is 0.167. The molecular weight excluding hydrogens is 859 g/mol. The molecule has 0 bridgehead atoms. The second-order valence-electron chi connectivity index (χ2n) is 23.2. The van der Waals surface area contributed by atoms with Gasteiger partial charge in [0.15, 0.2) is 0 Å². The highest BCUT2D eigenvalue weighted by molar-refractivity contribution is 7.26. The minimum Gasteiger partial charge on any atom is -0.292 e. The fourth-order valence-electron chi connectivity index (χ4n) is 9.76. The summed E-state index contributed by atoms with van der Waals surface area (Å²) in [6.45, 7) is 27.5. The lowest BCUT2D eigenvalue weighted by Crippen LogP contribution is -2.17. The highest BCUT2D eigenvalue weighted by atomic mass is 32.1. The zero-order chi connectivity index (χ0) is 48.8. The van der Waals surface area contributed by atoms with Crippen LogP contribution in [0.4, 0.5) is 0 Å². The van der Waals surface area contributed by atoms with Gasteiger partial charge in [0.05, 0.1) is 44.3 Å². The highest BCUT2D eigenvalue weighted by Crippen LogP contribution is 2.45. The minimum atomic E-state index is -0.0963. The van der Waals surface area contributed by atoms with Crippen molar-refractivity contribution in [3.8, 4) is 56.7 Å². The van der Waals surface area contributed by atoms with Crippen molar-refractivity contribution in [2.24, 2.45) is 5.41 Å². The average Bonchev–Trinajstić information content (AvgIpc) is 3.88. The molecule has 0 aliphatic carbocycles. The van der Waals surface area contributed by atoms with Crippen LogP contribution in [0, 0.1) is 16.7 Å². The summed E-state index contributed by atoms with van der Waals surface area (Å²) in [6.07, 6.45) is 2.69. The van der Waals surface area contributed by atoms with E-state index in [1.807, 2.05) is 12.1 Å². The lowest BCUT2D eigenvalue weighted by molar-refractivity contribution is 0.411. The van der Waals surface area contributed by atoms with Crippen LogP contribution >= 0.6 is 11.3 Å². The first-order chi connectivity index (χ1) is 32.6. The van der Waals surface area contributed by atoms with Gasteiger partial charge in [-0.25, -0.2) is 15.0 Å². The van der Waals surface area contributed by atoms with Crippen molar-refractivity contribution in [2.75, 3.05) is 0 Å². The number of rotatable bonds is 6. The van der Waals surface area contributed by atoms with Gasteiger partial charge in [-0.05, 0) is 133 Å². The molecule has 0 atom stereocenters. The molecule has 69 heavy (non-hydrogen) atoms. The summed E-state index contributed by atoms with van der Waals surface area (Å²) in [4.78, 5) is 15.8. The Morgan fingerprint density at radius 2 is 1.26 bits per heavy atom.